The molecule has 0 saturated heterocycles. The summed E-state index contributed by atoms with van der Waals surface area (Å²) in [6, 6.07) is 6.28. The summed E-state index contributed by atoms with van der Waals surface area (Å²) in [4.78, 5) is 11.0. The van der Waals surface area contributed by atoms with Gasteiger partial charge in [-0.15, -0.1) is 5.10 Å². The Morgan fingerprint density at radius 1 is 1.43 bits per heavy atom. The van der Waals surface area contributed by atoms with E-state index in [0.29, 0.717) is 17.7 Å². The third-order valence-corrected chi connectivity index (χ3v) is 2.88. The number of carboxylic acids is 1. The van der Waals surface area contributed by atoms with Crippen molar-refractivity contribution in [1.29, 1.82) is 0 Å². The maximum atomic E-state index is 12.4. The first-order chi connectivity index (χ1) is 10.0. The maximum Gasteiger partial charge on any atom is 0.387 e. The van der Waals surface area contributed by atoms with Gasteiger partial charge in [-0.2, -0.15) is 8.78 Å². The van der Waals surface area contributed by atoms with Crippen molar-refractivity contribution in [3.05, 3.63) is 41.2 Å². The fraction of sp³-hybridized carbons (Fsp3) is 0.308. The molecule has 0 aliphatic rings. The minimum atomic E-state index is -2.93. The highest BCUT2D eigenvalue weighted by Crippen LogP contribution is 2.22. The van der Waals surface area contributed by atoms with Gasteiger partial charge in [0.2, 0.25) is 0 Å². The number of ether oxygens (including phenoxy) is 1. The van der Waals surface area contributed by atoms with Crippen LogP contribution < -0.4 is 4.74 Å². The number of carbonyl (C=O) groups is 1. The second kappa shape index (κ2) is 6.29. The molecule has 8 heteroatoms. The van der Waals surface area contributed by atoms with Crippen LogP contribution in [0.2, 0.25) is 0 Å². The Morgan fingerprint density at radius 3 is 2.76 bits per heavy atom. The average molecular weight is 297 g/mol. The number of aromatic carboxylic acids is 1. The van der Waals surface area contributed by atoms with Crippen molar-refractivity contribution in [1.82, 2.24) is 15.0 Å². The fourth-order valence-electron chi connectivity index (χ4n) is 1.98. The van der Waals surface area contributed by atoms with Crippen molar-refractivity contribution in [2.45, 2.75) is 26.5 Å². The van der Waals surface area contributed by atoms with Gasteiger partial charge in [0.1, 0.15) is 5.75 Å². The minimum absolute atomic E-state index is 0.0296. The molecule has 0 amide bonds. The molecule has 0 atom stereocenters. The van der Waals surface area contributed by atoms with Crippen LogP contribution in [0.25, 0.3) is 0 Å². The van der Waals surface area contributed by atoms with E-state index in [0.717, 1.165) is 0 Å². The van der Waals surface area contributed by atoms with Gasteiger partial charge in [0.05, 0.1) is 12.2 Å². The molecule has 0 radical (unpaired) electrons. The summed E-state index contributed by atoms with van der Waals surface area (Å²) in [5.41, 5.74) is 0.758. The van der Waals surface area contributed by atoms with Gasteiger partial charge in [0.15, 0.2) is 5.69 Å². The summed E-state index contributed by atoms with van der Waals surface area (Å²) < 4.78 is 30.5. The normalized spacial score (nSPS) is 10.9. The van der Waals surface area contributed by atoms with Crippen molar-refractivity contribution >= 4 is 5.97 Å². The van der Waals surface area contributed by atoms with Crippen molar-refractivity contribution in [2.75, 3.05) is 0 Å². The topological polar surface area (TPSA) is 77.2 Å². The fourth-order valence-corrected chi connectivity index (χ4v) is 1.98. The molecular formula is C13H13F2N3O3. The number of benzene rings is 1. The monoisotopic (exact) mass is 297 g/mol. The molecule has 21 heavy (non-hydrogen) atoms. The molecule has 0 unspecified atom stereocenters. The number of nitrogens with zero attached hydrogens (tertiary/aromatic N) is 3. The van der Waals surface area contributed by atoms with Gasteiger partial charge in [0, 0.05) is 5.56 Å². The second-order valence-corrected chi connectivity index (χ2v) is 4.19. The Balaban J connectivity index is 2.32. The number of hydrogen-bond acceptors (Lipinski definition) is 4. The second-order valence-electron chi connectivity index (χ2n) is 4.19. The van der Waals surface area contributed by atoms with Crippen LogP contribution in [-0.2, 0) is 13.0 Å². The Labute approximate surface area is 119 Å². The van der Waals surface area contributed by atoms with E-state index >= 15 is 0 Å². The Bertz CT molecular complexity index is 643. The molecule has 1 N–H and O–H groups in total. The van der Waals surface area contributed by atoms with Crippen LogP contribution in [0.1, 0.15) is 28.7 Å². The van der Waals surface area contributed by atoms with Crippen LogP contribution in [0, 0.1) is 0 Å². The lowest BCUT2D eigenvalue weighted by molar-refractivity contribution is -0.0505. The SMILES string of the molecule is CCc1c(C(=O)O)nnn1Cc1ccccc1OC(F)F. The molecular weight excluding hydrogens is 284 g/mol. The summed E-state index contributed by atoms with van der Waals surface area (Å²) in [7, 11) is 0. The first-order valence-corrected chi connectivity index (χ1v) is 6.21. The van der Waals surface area contributed by atoms with Crippen LogP contribution in [-0.4, -0.2) is 32.7 Å². The zero-order valence-electron chi connectivity index (χ0n) is 11.2. The van der Waals surface area contributed by atoms with Crippen LogP contribution in [0.15, 0.2) is 24.3 Å². The van der Waals surface area contributed by atoms with E-state index < -0.39 is 12.6 Å². The third-order valence-electron chi connectivity index (χ3n) is 2.88. The highest BCUT2D eigenvalue weighted by Gasteiger charge is 2.18. The lowest BCUT2D eigenvalue weighted by Crippen LogP contribution is -2.11. The van der Waals surface area contributed by atoms with E-state index in [1.807, 2.05) is 0 Å². The summed E-state index contributed by atoms with van der Waals surface area (Å²) in [6.07, 6.45) is 0.409. The smallest absolute Gasteiger partial charge is 0.387 e. The van der Waals surface area contributed by atoms with Crippen LogP contribution in [0.5, 0.6) is 5.75 Å². The zero-order valence-corrected chi connectivity index (χ0v) is 11.2. The van der Waals surface area contributed by atoms with Crippen molar-refractivity contribution < 1.29 is 23.4 Å². The molecule has 112 valence electrons. The summed E-state index contributed by atoms with van der Waals surface area (Å²) in [5.74, 6) is -1.14. The molecule has 1 aromatic carbocycles. The van der Waals surface area contributed by atoms with Gasteiger partial charge in [-0.25, -0.2) is 9.48 Å². The molecule has 1 aromatic heterocycles. The lowest BCUT2D eigenvalue weighted by Gasteiger charge is -2.11. The van der Waals surface area contributed by atoms with Gasteiger partial charge in [0.25, 0.3) is 0 Å². The number of halogens is 2. The van der Waals surface area contributed by atoms with E-state index in [-0.39, 0.29) is 18.0 Å². The summed E-state index contributed by atoms with van der Waals surface area (Å²) in [6.45, 7) is -1.06. The van der Waals surface area contributed by atoms with Gasteiger partial charge in [-0.1, -0.05) is 30.3 Å². The van der Waals surface area contributed by atoms with Crippen molar-refractivity contribution in [2.24, 2.45) is 0 Å². The largest absolute Gasteiger partial charge is 0.476 e. The van der Waals surface area contributed by atoms with Gasteiger partial charge >= 0.3 is 12.6 Å². The lowest BCUT2D eigenvalue weighted by atomic mass is 10.2. The molecule has 0 saturated carbocycles. The van der Waals surface area contributed by atoms with E-state index in [1.54, 1.807) is 25.1 Å². The quantitative estimate of drug-likeness (QED) is 0.884. The molecule has 6 nitrogen and oxygen atoms in total. The molecule has 2 aromatic rings. The van der Waals surface area contributed by atoms with Crippen LogP contribution in [0.4, 0.5) is 8.78 Å². The highest BCUT2D eigenvalue weighted by molar-refractivity contribution is 5.86. The number of para-hydroxylation sites is 1. The molecule has 0 aliphatic heterocycles. The van der Waals surface area contributed by atoms with E-state index in [2.05, 4.69) is 15.0 Å². The number of hydrogen-bond donors (Lipinski definition) is 1. The Kier molecular flexibility index (Phi) is 4.46. The standard InChI is InChI=1S/C13H13F2N3O3/c1-2-9-11(12(19)20)16-17-18(9)7-8-5-3-4-6-10(8)21-13(14)15/h3-6,13H,2,7H2,1H3,(H,19,20). The first kappa shape index (κ1) is 14.9. The van der Waals surface area contributed by atoms with Gasteiger partial charge in [-0.3, -0.25) is 0 Å². The third kappa shape index (κ3) is 3.33. The summed E-state index contributed by atoms with van der Waals surface area (Å²) >= 11 is 0. The van der Waals surface area contributed by atoms with Crippen molar-refractivity contribution in [3.8, 4) is 5.75 Å². The van der Waals surface area contributed by atoms with E-state index in [4.69, 9.17) is 5.11 Å². The molecule has 0 bridgehead atoms. The molecule has 1 heterocycles. The molecule has 0 aliphatic carbocycles. The Morgan fingerprint density at radius 2 is 2.14 bits per heavy atom. The molecule has 2 rings (SSSR count). The zero-order chi connectivity index (χ0) is 15.4. The summed E-state index contributed by atoms with van der Waals surface area (Å²) in [5, 5.41) is 16.4. The minimum Gasteiger partial charge on any atom is -0.476 e. The maximum absolute atomic E-state index is 12.4. The first-order valence-electron chi connectivity index (χ1n) is 6.21. The Hall–Kier alpha value is -2.51. The molecule has 0 fully saturated rings. The number of rotatable bonds is 6. The van der Waals surface area contributed by atoms with E-state index in [1.165, 1.54) is 10.7 Å². The predicted octanol–water partition coefficient (Wildman–Crippen LogP) is 2.19. The van der Waals surface area contributed by atoms with Crippen LogP contribution in [0.3, 0.4) is 0 Å². The number of aromatic nitrogens is 3. The predicted molar refractivity (Wildman–Crippen MR) is 68.5 cm³/mol. The van der Waals surface area contributed by atoms with Crippen molar-refractivity contribution in [3.63, 3.8) is 0 Å². The number of carboxylic acid groups (broad SMARTS) is 1. The van der Waals surface area contributed by atoms with Crippen LogP contribution >= 0.6 is 0 Å². The van der Waals surface area contributed by atoms with Gasteiger partial charge in [-0.05, 0) is 12.5 Å². The molecule has 0 spiro atoms. The van der Waals surface area contributed by atoms with E-state index in [9.17, 15) is 13.6 Å². The highest BCUT2D eigenvalue weighted by atomic mass is 19.3. The van der Waals surface area contributed by atoms with Gasteiger partial charge < -0.3 is 9.84 Å². The average Bonchev–Trinajstić information content (AvgIpc) is 2.83. The number of alkyl halides is 2.